The quantitative estimate of drug-likeness (QED) is 0.137. The fourth-order valence-corrected chi connectivity index (χ4v) is 13.7. The first-order valence-electron chi connectivity index (χ1n) is 30.4. The first-order valence-corrected chi connectivity index (χ1v) is 30.4. The Balaban J connectivity index is 0.803. The maximum absolute atomic E-state index is 5.48. The summed E-state index contributed by atoms with van der Waals surface area (Å²) in [6, 6.07) is 115. The van der Waals surface area contributed by atoms with Gasteiger partial charge in [-0.25, -0.2) is 9.97 Å². The van der Waals surface area contributed by atoms with Gasteiger partial charge in [-0.05, 0) is 165 Å². The van der Waals surface area contributed by atoms with Crippen molar-refractivity contribution in [2.24, 2.45) is 0 Å². The van der Waals surface area contributed by atoms with E-state index in [1.165, 1.54) is 77.0 Å². The van der Waals surface area contributed by atoms with Gasteiger partial charge in [0.1, 0.15) is 0 Å². The number of fused-ring (bicyclic) bond motifs is 9. The molecule has 412 valence electrons. The standard InChI is InChI=1S/C84H56N4/c1-5-21-55(22-6-1)65-51-77(57-25-9-3-10-26-57)85-79(53-65)67-45-63(47-69(49-67)87-81-33-17-13-29-73(81)74-30-14-18-34-82(74)87)59-39-41-71-61(43-59)37-38-62-44-60(40-42-72(62)71)64-46-68(50-70(48-64)88-83-35-19-15-31-75(83)76-32-16-20-36-84(76)88)80-54-66(56-23-7-2-8-24-56)52-78(86-80)58-27-11-4-12-28-58/h1-36,39-54H,37-38H2. The summed E-state index contributed by atoms with van der Waals surface area (Å²) in [7, 11) is 0. The van der Waals surface area contributed by atoms with Gasteiger partial charge in [0.2, 0.25) is 0 Å². The van der Waals surface area contributed by atoms with E-state index in [-0.39, 0.29) is 0 Å². The van der Waals surface area contributed by atoms with E-state index in [0.717, 1.165) is 103 Å². The second-order valence-corrected chi connectivity index (χ2v) is 23.2. The highest BCUT2D eigenvalue weighted by Crippen LogP contribution is 2.44. The molecular weight excluding hydrogens is 1060 g/mol. The molecule has 0 unspecified atom stereocenters. The number of pyridine rings is 2. The lowest BCUT2D eigenvalue weighted by Gasteiger charge is -2.22. The molecule has 88 heavy (non-hydrogen) atoms. The molecule has 17 rings (SSSR count). The Morgan fingerprint density at radius 1 is 0.205 bits per heavy atom. The molecule has 12 aromatic carbocycles. The molecular formula is C84H56N4. The number of hydrogen-bond acceptors (Lipinski definition) is 2. The highest BCUT2D eigenvalue weighted by molar-refractivity contribution is 6.10. The molecule has 0 bridgehead atoms. The first-order chi connectivity index (χ1) is 43.6. The minimum absolute atomic E-state index is 0.922. The number of aryl methyl sites for hydroxylation is 2. The molecule has 4 aromatic heterocycles. The number of nitrogens with zero attached hydrogens (tertiary/aromatic N) is 4. The van der Waals surface area contributed by atoms with Gasteiger partial charge < -0.3 is 9.13 Å². The molecule has 0 fully saturated rings. The van der Waals surface area contributed by atoms with Crippen molar-refractivity contribution < 1.29 is 0 Å². The van der Waals surface area contributed by atoms with Crippen molar-refractivity contribution in [2.45, 2.75) is 12.8 Å². The van der Waals surface area contributed by atoms with Crippen molar-refractivity contribution in [1.29, 1.82) is 0 Å². The second-order valence-electron chi connectivity index (χ2n) is 23.2. The Hall–Kier alpha value is -11.5. The summed E-state index contributed by atoms with van der Waals surface area (Å²) < 4.78 is 4.87. The lowest BCUT2D eigenvalue weighted by Crippen LogP contribution is -2.05. The van der Waals surface area contributed by atoms with Crippen molar-refractivity contribution in [3.8, 4) is 112 Å². The molecule has 4 heteroatoms. The van der Waals surface area contributed by atoms with Gasteiger partial charge >= 0.3 is 0 Å². The molecule has 0 saturated carbocycles. The topological polar surface area (TPSA) is 35.6 Å². The monoisotopic (exact) mass is 1120 g/mol. The van der Waals surface area contributed by atoms with Gasteiger partial charge in [-0.15, -0.1) is 0 Å². The first kappa shape index (κ1) is 51.0. The third-order valence-electron chi connectivity index (χ3n) is 17.9. The van der Waals surface area contributed by atoms with Crippen molar-refractivity contribution in [3.05, 3.63) is 327 Å². The van der Waals surface area contributed by atoms with Gasteiger partial charge in [-0.2, -0.15) is 0 Å². The highest BCUT2D eigenvalue weighted by Gasteiger charge is 2.22. The zero-order valence-electron chi connectivity index (χ0n) is 48.2. The average Bonchev–Trinajstić information content (AvgIpc) is 3.46. The molecule has 0 atom stereocenters. The Labute approximate surface area is 511 Å². The molecule has 1 aliphatic rings. The Morgan fingerprint density at radius 2 is 0.489 bits per heavy atom. The van der Waals surface area contributed by atoms with E-state index in [0.29, 0.717) is 0 Å². The molecule has 4 heterocycles. The number of benzene rings is 12. The summed E-state index contributed by atoms with van der Waals surface area (Å²) in [5.41, 5.74) is 29.4. The van der Waals surface area contributed by atoms with E-state index >= 15 is 0 Å². The van der Waals surface area contributed by atoms with E-state index in [9.17, 15) is 0 Å². The van der Waals surface area contributed by atoms with Crippen LogP contribution in [0.15, 0.2) is 315 Å². The molecule has 1 aliphatic carbocycles. The van der Waals surface area contributed by atoms with Crippen LogP contribution in [0, 0.1) is 0 Å². The van der Waals surface area contributed by atoms with Gasteiger partial charge in [-0.3, -0.25) is 0 Å². The molecule has 0 spiro atoms. The Kier molecular flexibility index (Phi) is 12.3. The van der Waals surface area contributed by atoms with E-state index in [1.54, 1.807) is 0 Å². The summed E-state index contributed by atoms with van der Waals surface area (Å²) >= 11 is 0. The van der Waals surface area contributed by atoms with E-state index in [2.05, 4.69) is 325 Å². The van der Waals surface area contributed by atoms with Gasteiger partial charge in [0.15, 0.2) is 0 Å². The predicted octanol–water partition coefficient (Wildman–Crippen LogP) is 21.8. The largest absolute Gasteiger partial charge is 0.309 e. The van der Waals surface area contributed by atoms with Gasteiger partial charge in [0.05, 0.1) is 44.8 Å². The summed E-state index contributed by atoms with van der Waals surface area (Å²) in [6.45, 7) is 0. The molecule has 0 saturated heterocycles. The summed E-state index contributed by atoms with van der Waals surface area (Å²) in [5.74, 6) is 0. The van der Waals surface area contributed by atoms with Crippen LogP contribution in [0.5, 0.6) is 0 Å². The van der Waals surface area contributed by atoms with Crippen LogP contribution in [-0.2, 0) is 12.8 Å². The Morgan fingerprint density at radius 3 is 0.841 bits per heavy atom. The maximum Gasteiger partial charge on any atom is 0.0716 e. The third kappa shape index (κ3) is 9.01. The molecule has 0 N–H and O–H groups in total. The lowest BCUT2D eigenvalue weighted by molar-refractivity contribution is 0.943. The zero-order chi connectivity index (χ0) is 58.1. The number of aromatic nitrogens is 4. The number of hydrogen-bond donors (Lipinski definition) is 0. The van der Waals surface area contributed by atoms with Crippen LogP contribution in [-0.4, -0.2) is 19.1 Å². The van der Waals surface area contributed by atoms with Crippen molar-refractivity contribution >= 4 is 43.6 Å². The van der Waals surface area contributed by atoms with E-state index in [1.807, 2.05) is 0 Å². The minimum atomic E-state index is 0.922. The van der Waals surface area contributed by atoms with Crippen molar-refractivity contribution in [3.63, 3.8) is 0 Å². The van der Waals surface area contributed by atoms with Crippen molar-refractivity contribution in [2.75, 3.05) is 0 Å². The van der Waals surface area contributed by atoms with Crippen molar-refractivity contribution in [1.82, 2.24) is 19.1 Å². The molecule has 16 aromatic rings. The zero-order valence-corrected chi connectivity index (χ0v) is 48.2. The number of para-hydroxylation sites is 4. The molecule has 4 nitrogen and oxygen atoms in total. The Bertz CT molecular complexity index is 4810. The van der Waals surface area contributed by atoms with Crippen LogP contribution >= 0.6 is 0 Å². The van der Waals surface area contributed by atoms with Gasteiger partial charge in [-0.1, -0.05) is 231 Å². The predicted molar refractivity (Wildman–Crippen MR) is 367 cm³/mol. The molecule has 0 aliphatic heterocycles. The number of rotatable bonds is 10. The second kappa shape index (κ2) is 21.2. The third-order valence-corrected chi connectivity index (χ3v) is 17.9. The average molecular weight is 1120 g/mol. The summed E-state index contributed by atoms with van der Waals surface area (Å²) in [5, 5.41) is 4.93. The summed E-state index contributed by atoms with van der Waals surface area (Å²) in [4.78, 5) is 11.0. The SMILES string of the molecule is c1ccc(-c2cc(-c3ccccc3)nc(-c3cc(-c4ccc5c(c4)CCc4cc(-c6cc(-c7cc(-c8ccccc8)cc(-c8ccccc8)n7)cc(-n7c8ccccc8c8ccccc87)c6)ccc4-5)cc(-n4c5ccccc5c5ccccc54)c3)c2)cc1. The van der Waals surface area contributed by atoms with Gasteiger partial charge in [0.25, 0.3) is 0 Å². The van der Waals surface area contributed by atoms with Crippen LogP contribution in [0.1, 0.15) is 11.1 Å². The van der Waals surface area contributed by atoms with E-state index in [4.69, 9.17) is 9.97 Å². The highest BCUT2D eigenvalue weighted by atomic mass is 15.0. The van der Waals surface area contributed by atoms with Crippen LogP contribution in [0.3, 0.4) is 0 Å². The lowest BCUT2D eigenvalue weighted by atomic mass is 9.82. The molecule has 0 radical (unpaired) electrons. The minimum Gasteiger partial charge on any atom is -0.309 e. The molecule has 0 amide bonds. The normalized spacial score (nSPS) is 12.0. The van der Waals surface area contributed by atoms with Crippen LogP contribution in [0.4, 0.5) is 0 Å². The van der Waals surface area contributed by atoms with Crippen LogP contribution in [0.2, 0.25) is 0 Å². The summed E-state index contributed by atoms with van der Waals surface area (Å²) in [6.07, 6.45) is 1.84. The maximum atomic E-state index is 5.48. The fourth-order valence-electron chi connectivity index (χ4n) is 13.7. The fraction of sp³-hybridized carbons (Fsp3) is 0.0238. The van der Waals surface area contributed by atoms with E-state index < -0.39 is 0 Å². The van der Waals surface area contributed by atoms with Gasteiger partial charge in [0, 0.05) is 55.2 Å². The van der Waals surface area contributed by atoms with Crippen LogP contribution < -0.4 is 0 Å². The smallest absolute Gasteiger partial charge is 0.0716 e. The van der Waals surface area contributed by atoms with Crippen LogP contribution in [0.25, 0.3) is 156 Å².